The minimum Gasteiger partial charge on any atom is -0.465 e. The van der Waals surface area contributed by atoms with Gasteiger partial charge in [0.2, 0.25) is 0 Å². The summed E-state index contributed by atoms with van der Waals surface area (Å²) in [6.07, 6.45) is 0.755. The molecule has 0 unspecified atom stereocenters. The minimum atomic E-state index is -0.444. The van der Waals surface area contributed by atoms with Crippen molar-refractivity contribution in [1.29, 1.82) is 0 Å². The van der Waals surface area contributed by atoms with Crippen LogP contribution in [0.15, 0.2) is 97.1 Å². The first-order valence-corrected chi connectivity index (χ1v) is 13.5. The molecular formula is C32H38N4O3. The molecule has 0 aromatic heterocycles. The van der Waals surface area contributed by atoms with E-state index >= 15 is 0 Å². The van der Waals surface area contributed by atoms with Crippen molar-refractivity contribution in [3.8, 4) is 0 Å². The number of amides is 2. The second-order valence-corrected chi connectivity index (χ2v) is 9.86. The molecule has 0 aliphatic carbocycles. The number of anilines is 1. The molecule has 39 heavy (non-hydrogen) atoms. The van der Waals surface area contributed by atoms with Gasteiger partial charge in [-0.25, -0.2) is 9.59 Å². The summed E-state index contributed by atoms with van der Waals surface area (Å²) in [7, 11) is 1.34. The van der Waals surface area contributed by atoms with E-state index in [4.69, 9.17) is 4.74 Å². The first kappa shape index (κ1) is 28.1. The average Bonchev–Trinajstić information content (AvgIpc) is 2.98. The third-order valence-electron chi connectivity index (χ3n) is 6.99. The van der Waals surface area contributed by atoms with Gasteiger partial charge in [-0.3, -0.25) is 4.90 Å². The van der Waals surface area contributed by atoms with Crippen molar-refractivity contribution in [2.24, 2.45) is 0 Å². The highest BCUT2D eigenvalue weighted by atomic mass is 16.5. The van der Waals surface area contributed by atoms with Crippen LogP contribution in [-0.2, 0) is 4.74 Å². The Morgan fingerprint density at radius 1 is 0.974 bits per heavy atom. The molecule has 3 aromatic carbocycles. The highest BCUT2D eigenvalue weighted by Gasteiger charge is 2.21. The lowest BCUT2D eigenvalue weighted by Crippen LogP contribution is -2.45. The zero-order valence-electron chi connectivity index (χ0n) is 22.6. The molecule has 204 valence electrons. The molecule has 2 N–H and O–H groups in total. The van der Waals surface area contributed by atoms with E-state index in [9.17, 15) is 9.59 Å². The number of carbonyl (C=O) groups excluding carboxylic acids is 2. The SMILES string of the molecule is C=C(CN1CCNCC1)CN(CCC(c1ccccc1)c1ccccc1)C(=O)Nc1cccc(C(=O)OC)c1. The predicted octanol–water partition coefficient (Wildman–Crippen LogP) is 4.99. The van der Waals surface area contributed by atoms with Crippen molar-refractivity contribution in [2.75, 3.05) is 58.2 Å². The fourth-order valence-corrected chi connectivity index (χ4v) is 4.98. The van der Waals surface area contributed by atoms with Crippen LogP contribution in [0, 0.1) is 0 Å². The molecule has 7 nitrogen and oxygen atoms in total. The van der Waals surface area contributed by atoms with Crippen LogP contribution < -0.4 is 10.6 Å². The molecule has 0 bridgehead atoms. The monoisotopic (exact) mass is 526 g/mol. The summed E-state index contributed by atoms with van der Waals surface area (Å²) in [5.74, 6) is -0.298. The molecule has 1 aliphatic rings. The number of urea groups is 1. The van der Waals surface area contributed by atoms with Gasteiger partial charge in [-0.1, -0.05) is 73.3 Å². The van der Waals surface area contributed by atoms with Crippen LogP contribution in [0.25, 0.3) is 0 Å². The number of nitrogens with zero attached hydrogens (tertiary/aromatic N) is 2. The highest BCUT2D eigenvalue weighted by molar-refractivity contribution is 5.94. The van der Waals surface area contributed by atoms with Gasteiger partial charge in [0.15, 0.2) is 0 Å². The summed E-state index contributed by atoms with van der Waals surface area (Å²) in [4.78, 5) is 29.8. The number of hydrogen-bond acceptors (Lipinski definition) is 5. The van der Waals surface area contributed by atoms with E-state index in [0.717, 1.165) is 44.7 Å². The second-order valence-electron chi connectivity index (χ2n) is 9.86. The van der Waals surface area contributed by atoms with Gasteiger partial charge >= 0.3 is 12.0 Å². The summed E-state index contributed by atoms with van der Waals surface area (Å²) in [6, 6.07) is 27.4. The van der Waals surface area contributed by atoms with Crippen molar-refractivity contribution < 1.29 is 14.3 Å². The van der Waals surface area contributed by atoms with E-state index in [1.54, 1.807) is 24.3 Å². The van der Waals surface area contributed by atoms with Gasteiger partial charge in [0, 0.05) is 57.4 Å². The Balaban J connectivity index is 1.52. The summed E-state index contributed by atoms with van der Waals surface area (Å²) in [5, 5.41) is 6.36. The number of methoxy groups -OCH3 is 1. The van der Waals surface area contributed by atoms with Crippen LogP contribution in [0.5, 0.6) is 0 Å². The molecule has 1 heterocycles. The van der Waals surface area contributed by atoms with E-state index in [1.807, 2.05) is 17.0 Å². The first-order valence-electron chi connectivity index (χ1n) is 13.5. The van der Waals surface area contributed by atoms with Crippen LogP contribution in [0.3, 0.4) is 0 Å². The third-order valence-corrected chi connectivity index (χ3v) is 6.99. The van der Waals surface area contributed by atoms with Crippen molar-refractivity contribution in [1.82, 2.24) is 15.1 Å². The zero-order chi connectivity index (χ0) is 27.5. The average molecular weight is 527 g/mol. The number of esters is 1. The van der Waals surface area contributed by atoms with E-state index in [-0.39, 0.29) is 11.9 Å². The van der Waals surface area contributed by atoms with Crippen molar-refractivity contribution >= 4 is 17.7 Å². The Bertz CT molecular complexity index is 1190. The maximum Gasteiger partial charge on any atom is 0.337 e. The number of nitrogens with one attached hydrogen (secondary N) is 2. The van der Waals surface area contributed by atoms with E-state index in [0.29, 0.717) is 24.3 Å². The van der Waals surface area contributed by atoms with Gasteiger partial charge in [0.1, 0.15) is 0 Å². The lowest BCUT2D eigenvalue weighted by atomic mass is 9.88. The summed E-state index contributed by atoms with van der Waals surface area (Å²) in [5.41, 5.74) is 4.36. The zero-order valence-corrected chi connectivity index (χ0v) is 22.6. The topological polar surface area (TPSA) is 73.9 Å². The summed E-state index contributed by atoms with van der Waals surface area (Å²) in [6.45, 7) is 9.93. The number of piperazine rings is 1. The number of ether oxygens (including phenoxy) is 1. The van der Waals surface area contributed by atoms with Crippen molar-refractivity contribution in [3.63, 3.8) is 0 Å². The molecule has 0 spiro atoms. The van der Waals surface area contributed by atoms with Crippen LogP contribution >= 0.6 is 0 Å². The van der Waals surface area contributed by atoms with Crippen LogP contribution in [0.4, 0.5) is 10.5 Å². The Morgan fingerprint density at radius 2 is 1.62 bits per heavy atom. The highest BCUT2D eigenvalue weighted by Crippen LogP contribution is 2.28. The predicted molar refractivity (Wildman–Crippen MR) is 156 cm³/mol. The molecule has 1 aliphatic heterocycles. The molecule has 1 saturated heterocycles. The Hall–Kier alpha value is -3.94. The van der Waals surface area contributed by atoms with Crippen LogP contribution in [0.2, 0.25) is 0 Å². The van der Waals surface area contributed by atoms with Gasteiger partial charge < -0.3 is 20.3 Å². The molecule has 0 saturated carbocycles. The molecule has 2 amide bonds. The molecule has 0 atom stereocenters. The number of hydrogen-bond donors (Lipinski definition) is 2. The number of benzene rings is 3. The Morgan fingerprint density at radius 3 is 2.23 bits per heavy atom. The lowest BCUT2D eigenvalue weighted by Gasteiger charge is -2.31. The van der Waals surface area contributed by atoms with Gasteiger partial charge in [-0.05, 0) is 41.3 Å². The standard InChI is InChI=1S/C32H38N4O3/c1-25(23-35-20-17-33-18-21-35)24-36(32(38)34-29-15-9-14-28(22-29)31(37)39-2)19-16-30(26-10-5-3-6-11-26)27-12-7-4-8-13-27/h3-15,22,30,33H,1,16-21,23-24H2,2H3,(H,34,38). The Kier molecular flexibility index (Phi) is 10.3. The van der Waals surface area contributed by atoms with Crippen LogP contribution in [-0.4, -0.2) is 74.7 Å². The maximum atomic E-state index is 13.6. The molecule has 4 rings (SSSR count). The first-order chi connectivity index (χ1) is 19.0. The smallest absolute Gasteiger partial charge is 0.337 e. The van der Waals surface area contributed by atoms with Crippen molar-refractivity contribution in [2.45, 2.75) is 12.3 Å². The fourth-order valence-electron chi connectivity index (χ4n) is 4.98. The molecule has 1 fully saturated rings. The lowest BCUT2D eigenvalue weighted by molar-refractivity contribution is 0.0600. The molecule has 0 radical (unpaired) electrons. The third kappa shape index (κ3) is 8.27. The summed E-state index contributed by atoms with van der Waals surface area (Å²) < 4.78 is 4.83. The maximum absolute atomic E-state index is 13.6. The minimum absolute atomic E-state index is 0.145. The molecule has 3 aromatic rings. The normalized spacial score (nSPS) is 13.6. The number of carbonyl (C=O) groups is 2. The Labute approximate surface area is 231 Å². The van der Waals surface area contributed by atoms with Gasteiger partial charge in [0.05, 0.1) is 12.7 Å². The van der Waals surface area contributed by atoms with Crippen LogP contribution in [0.1, 0.15) is 33.8 Å². The van der Waals surface area contributed by atoms with E-state index in [2.05, 4.69) is 70.6 Å². The second kappa shape index (κ2) is 14.3. The number of rotatable bonds is 11. The summed E-state index contributed by atoms with van der Waals surface area (Å²) >= 11 is 0. The largest absolute Gasteiger partial charge is 0.465 e. The van der Waals surface area contributed by atoms with Gasteiger partial charge in [0.25, 0.3) is 0 Å². The molecular weight excluding hydrogens is 488 g/mol. The van der Waals surface area contributed by atoms with E-state index < -0.39 is 5.97 Å². The van der Waals surface area contributed by atoms with Crippen molar-refractivity contribution in [3.05, 3.63) is 114 Å². The molecule has 7 heteroatoms. The van der Waals surface area contributed by atoms with Gasteiger partial charge in [-0.15, -0.1) is 0 Å². The quantitative estimate of drug-likeness (QED) is 0.272. The fraction of sp³-hybridized carbons (Fsp3) is 0.312. The van der Waals surface area contributed by atoms with E-state index in [1.165, 1.54) is 18.2 Å². The van der Waals surface area contributed by atoms with Gasteiger partial charge in [-0.2, -0.15) is 0 Å².